The molecule has 0 aromatic heterocycles. The molecule has 1 saturated heterocycles. The van der Waals surface area contributed by atoms with E-state index in [1.54, 1.807) is 17.8 Å². The van der Waals surface area contributed by atoms with E-state index in [0.29, 0.717) is 11.1 Å². The summed E-state index contributed by atoms with van der Waals surface area (Å²) in [7, 11) is 0. The Morgan fingerprint density at radius 1 is 1.04 bits per heavy atom. The van der Waals surface area contributed by atoms with Crippen molar-refractivity contribution in [3.8, 4) is 12.1 Å². The summed E-state index contributed by atoms with van der Waals surface area (Å²) in [4.78, 5) is 2.23. The van der Waals surface area contributed by atoms with E-state index in [0.717, 1.165) is 29.4 Å². The Kier molecular flexibility index (Phi) is 4.66. The Morgan fingerprint density at radius 3 is 2.52 bits per heavy atom. The van der Waals surface area contributed by atoms with E-state index < -0.39 is 0 Å². The third-order valence-corrected chi connectivity index (χ3v) is 4.87. The van der Waals surface area contributed by atoms with E-state index in [1.807, 2.05) is 36.4 Å². The van der Waals surface area contributed by atoms with E-state index in [9.17, 15) is 10.5 Å². The van der Waals surface area contributed by atoms with Gasteiger partial charge in [0.15, 0.2) is 0 Å². The minimum atomic E-state index is 0.545. The normalized spacial score (nSPS) is 15.8. The van der Waals surface area contributed by atoms with Gasteiger partial charge in [0, 0.05) is 24.4 Å². The van der Waals surface area contributed by atoms with Gasteiger partial charge in [-0.1, -0.05) is 48.5 Å². The number of allylic oxidation sites excluding steroid dienone is 1. The summed E-state index contributed by atoms with van der Waals surface area (Å²) < 4.78 is 0. The molecule has 3 nitrogen and oxygen atoms in total. The molecule has 1 fully saturated rings. The van der Waals surface area contributed by atoms with Crippen LogP contribution in [0.5, 0.6) is 0 Å². The summed E-state index contributed by atoms with van der Waals surface area (Å²) >= 11 is 1.69. The van der Waals surface area contributed by atoms with Gasteiger partial charge in [0.1, 0.15) is 6.07 Å². The molecule has 0 spiro atoms. The molecule has 0 unspecified atom stereocenters. The average molecular weight is 317 g/mol. The zero-order chi connectivity index (χ0) is 16.1. The van der Waals surface area contributed by atoms with Crippen LogP contribution in [-0.2, 0) is 6.54 Å². The fourth-order valence-corrected chi connectivity index (χ4v) is 3.80. The molecule has 0 saturated carbocycles. The highest BCUT2D eigenvalue weighted by Crippen LogP contribution is 2.36. The zero-order valence-corrected chi connectivity index (χ0v) is 13.4. The maximum absolute atomic E-state index is 9.69. The summed E-state index contributed by atoms with van der Waals surface area (Å²) in [6.07, 6.45) is 0. The molecule has 0 amide bonds. The van der Waals surface area contributed by atoms with Crippen molar-refractivity contribution in [1.82, 2.24) is 4.90 Å². The van der Waals surface area contributed by atoms with E-state index in [1.165, 1.54) is 5.56 Å². The fourth-order valence-electron chi connectivity index (χ4n) is 2.65. The van der Waals surface area contributed by atoms with Gasteiger partial charge in [0.05, 0.1) is 22.2 Å². The first-order valence-electron chi connectivity index (χ1n) is 7.39. The second-order valence-corrected chi connectivity index (χ2v) is 6.29. The van der Waals surface area contributed by atoms with Crippen LogP contribution in [0.1, 0.15) is 16.7 Å². The third kappa shape index (κ3) is 3.23. The van der Waals surface area contributed by atoms with Gasteiger partial charge in [-0.25, -0.2) is 0 Å². The molecule has 1 aliphatic heterocycles. The summed E-state index contributed by atoms with van der Waals surface area (Å²) in [5, 5.41) is 20.0. The van der Waals surface area contributed by atoms with Crippen LogP contribution in [0.2, 0.25) is 0 Å². The Bertz CT molecular complexity index is 812. The van der Waals surface area contributed by atoms with Crippen molar-refractivity contribution in [2.45, 2.75) is 6.54 Å². The molecule has 4 heteroatoms. The molecule has 23 heavy (non-hydrogen) atoms. The summed E-state index contributed by atoms with van der Waals surface area (Å²) in [5.41, 5.74) is 3.09. The first-order valence-corrected chi connectivity index (χ1v) is 8.37. The molecule has 2 aromatic carbocycles. The predicted molar refractivity (Wildman–Crippen MR) is 93.0 cm³/mol. The van der Waals surface area contributed by atoms with Crippen molar-refractivity contribution in [3.05, 3.63) is 76.3 Å². The maximum Gasteiger partial charge on any atom is 0.103 e. The van der Waals surface area contributed by atoms with Crippen molar-refractivity contribution in [2.75, 3.05) is 12.3 Å². The first-order chi connectivity index (χ1) is 11.3. The molecule has 2 aromatic rings. The molecule has 1 aliphatic rings. The molecule has 112 valence electrons. The lowest BCUT2D eigenvalue weighted by molar-refractivity contribution is 0.397. The van der Waals surface area contributed by atoms with Gasteiger partial charge in [0.25, 0.3) is 0 Å². The maximum atomic E-state index is 9.69. The van der Waals surface area contributed by atoms with Gasteiger partial charge >= 0.3 is 0 Å². The van der Waals surface area contributed by atoms with E-state index in [2.05, 4.69) is 29.2 Å². The highest BCUT2D eigenvalue weighted by atomic mass is 32.2. The van der Waals surface area contributed by atoms with Crippen molar-refractivity contribution < 1.29 is 0 Å². The zero-order valence-electron chi connectivity index (χ0n) is 12.6. The lowest BCUT2D eigenvalue weighted by Gasteiger charge is -2.20. The predicted octanol–water partition coefficient (Wildman–Crippen LogP) is 4.00. The highest BCUT2D eigenvalue weighted by Gasteiger charge is 2.24. The third-order valence-electron chi connectivity index (χ3n) is 3.75. The largest absolute Gasteiger partial charge is 0.360 e. The summed E-state index contributed by atoms with van der Waals surface area (Å²) in [6, 6.07) is 22.0. The van der Waals surface area contributed by atoms with Gasteiger partial charge < -0.3 is 4.90 Å². The monoisotopic (exact) mass is 317 g/mol. The number of rotatable bonds is 3. The van der Waals surface area contributed by atoms with Crippen LogP contribution in [0.15, 0.2) is 59.6 Å². The number of hydrogen-bond donors (Lipinski definition) is 0. The number of nitriles is 2. The van der Waals surface area contributed by atoms with Crippen LogP contribution in [0.3, 0.4) is 0 Å². The van der Waals surface area contributed by atoms with Crippen LogP contribution in [-0.4, -0.2) is 17.2 Å². The molecular weight excluding hydrogens is 302 g/mol. The van der Waals surface area contributed by atoms with Crippen LogP contribution in [0.4, 0.5) is 0 Å². The number of thioether (sulfide) groups is 1. The standard InChI is InChI=1S/C19H15N3S/c20-12-16-8-4-5-9-17(16)18(13-21)19-22(10-11-23-19)14-15-6-2-1-3-7-15/h1-9H,10-11,14H2/b19-18+. The van der Waals surface area contributed by atoms with E-state index in [-0.39, 0.29) is 0 Å². The Labute approximate surface area is 140 Å². The fraction of sp³-hybridized carbons (Fsp3) is 0.158. The highest BCUT2D eigenvalue weighted by molar-refractivity contribution is 8.03. The van der Waals surface area contributed by atoms with E-state index >= 15 is 0 Å². The molecule has 0 bridgehead atoms. The van der Waals surface area contributed by atoms with Crippen LogP contribution >= 0.6 is 11.8 Å². The minimum Gasteiger partial charge on any atom is -0.360 e. The van der Waals surface area contributed by atoms with Gasteiger partial charge in [-0.2, -0.15) is 10.5 Å². The molecule has 0 radical (unpaired) electrons. The molecule has 0 N–H and O–H groups in total. The second kappa shape index (κ2) is 7.05. The lowest BCUT2D eigenvalue weighted by atomic mass is 10.0. The summed E-state index contributed by atoms with van der Waals surface area (Å²) in [6.45, 7) is 1.69. The minimum absolute atomic E-state index is 0.545. The number of benzene rings is 2. The first kappa shape index (κ1) is 15.2. The average Bonchev–Trinajstić information content (AvgIpc) is 3.05. The van der Waals surface area contributed by atoms with Gasteiger partial charge in [-0.05, 0) is 11.6 Å². The van der Waals surface area contributed by atoms with Crippen molar-refractivity contribution >= 4 is 17.3 Å². The summed E-state index contributed by atoms with van der Waals surface area (Å²) in [5.74, 6) is 0.960. The Balaban J connectivity index is 2.00. The van der Waals surface area contributed by atoms with Crippen LogP contribution in [0.25, 0.3) is 5.57 Å². The lowest BCUT2D eigenvalue weighted by Crippen LogP contribution is -2.18. The number of nitrogens with zero attached hydrogens (tertiary/aromatic N) is 3. The van der Waals surface area contributed by atoms with Gasteiger partial charge in [-0.15, -0.1) is 11.8 Å². The molecule has 1 heterocycles. The van der Waals surface area contributed by atoms with Crippen molar-refractivity contribution in [2.24, 2.45) is 0 Å². The second-order valence-electron chi connectivity index (χ2n) is 5.20. The van der Waals surface area contributed by atoms with Gasteiger partial charge in [-0.3, -0.25) is 0 Å². The Hall–Kier alpha value is -2.69. The molecule has 3 rings (SSSR count). The van der Waals surface area contributed by atoms with Crippen molar-refractivity contribution in [1.29, 1.82) is 10.5 Å². The molecule has 0 atom stereocenters. The van der Waals surface area contributed by atoms with Crippen LogP contribution < -0.4 is 0 Å². The quantitative estimate of drug-likeness (QED) is 0.803. The smallest absolute Gasteiger partial charge is 0.103 e. The SMILES string of the molecule is N#C/C(=C1\SCCN1Cc1ccccc1)c1ccccc1C#N. The van der Waals surface area contributed by atoms with Crippen molar-refractivity contribution in [3.63, 3.8) is 0 Å². The van der Waals surface area contributed by atoms with E-state index in [4.69, 9.17) is 0 Å². The topological polar surface area (TPSA) is 50.8 Å². The number of hydrogen-bond acceptors (Lipinski definition) is 4. The van der Waals surface area contributed by atoms with Crippen LogP contribution in [0, 0.1) is 22.7 Å². The molecule has 0 aliphatic carbocycles. The Morgan fingerprint density at radius 2 is 1.78 bits per heavy atom. The van der Waals surface area contributed by atoms with Gasteiger partial charge in [0.2, 0.25) is 0 Å². The molecular formula is C19H15N3S.